The maximum atomic E-state index is 11.1. The highest BCUT2D eigenvalue weighted by Gasteiger charge is 2.23. The van der Waals surface area contributed by atoms with Gasteiger partial charge < -0.3 is 0 Å². The average Bonchev–Trinajstić information content (AvgIpc) is 2.49. The van der Waals surface area contributed by atoms with E-state index in [-0.39, 0.29) is 0 Å². The lowest BCUT2D eigenvalue weighted by atomic mass is 10.2. The summed E-state index contributed by atoms with van der Waals surface area (Å²) in [6.45, 7) is 0. The van der Waals surface area contributed by atoms with Gasteiger partial charge in [-0.25, -0.2) is 4.31 Å². The Morgan fingerprint density at radius 3 is 2.62 bits per heavy atom. The maximum absolute atomic E-state index is 11.1. The highest BCUT2D eigenvalue weighted by Crippen LogP contribution is 2.13. The van der Waals surface area contributed by atoms with Gasteiger partial charge in [-0.05, 0) is 5.16 Å². The van der Waals surface area contributed by atoms with Crippen molar-refractivity contribution in [2.24, 2.45) is 5.16 Å². The van der Waals surface area contributed by atoms with Crippen molar-refractivity contribution < 1.29 is 8.49 Å². The van der Waals surface area contributed by atoms with Crippen molar-refractivity contribution in [3.63, 3.8) is 0 Å². The summed E-state index contributed by atoms with van der Waals surface area (Å²) in [5.41, 5.74) is 0.899. The third-order valence-corrected chi connectivity index (χ3v) is 2.56. The molecule has 1 atom stereocenters. The largest absolute Gasteiger partial charge is 0.341 e. The predicted octanol–water partition coefficient (Wildman–Crippen LogP) is 0.889. The lowest BCUT2D eigenvalue weighted by molar-refractivity contribution is 0.380. The first kappa shape index (κ1) is 8.25. The van der Waals surface area contributed by atoms with Gasteiger partial charge in [-0.15, -0.1) is 0 Å². The molecule has 1 aliphatic rings. The number of hydrogen-bond acceptors (Lipinski definition) is 3. The predicted molar refractivity (Wildman–Crippen MR) is 50.0 cm³/mol. The van der Waals surface area contributed by atoms with Gasteiger partial charge in [-0.1, -0.05) is 30.3 Å². The van der Waals surface area contributed by atoms with Crippen LogP contribution in [-0.2, 0) is 15.6 Å². The van der Waals surface area contributed by atoms with Crippen LogP contribution in [-0.4, -0.2) is 21.4 Å². The van der Waals surface area contributed by atoms with Crippen LogP contribution in [0.25, 0.3) is 0 Å². The van der Waals surface area contributed by atoms with Crippen LogP contribution in [0.15, 0.2) is 35.5 Å². The van der Waals surface area contributed by atoms with Crippen LogP contribution in [0, 0.1) is 0 Å². The molecular weight excluding hydrogens is 188 g/mol. The van der Waals surface area contributed by atoms with Crippen LogP contribution in [0.4, 0.5) is 0 Å². The highest BCUT2D eigenvalue weighted by molar-refractivity contribution is 7.78. The van der Waals surface area contributed by atoms with Gasteiger partial charge in [0.2, 0.25) is 0 Å². The molecule has 1 aromatic carbocycles. The van der Waals surface area contributed by atoms with Crippen LogP contribution in [0.2, 0.25) is 0 Å². The first-order chi connectivity index (χ1) is 6.29. The Balaban J connectivity index is 2.34. The minimum absolute atomic E-state index is 0.596. The van der Waals surface area contributed by atoms with Gasteiger partial charge in [0.05, 0.1) is 0 Å². The Labute approximate surface area is 78.6 Å². The smallest absolute Gasteiger partial charge is 0.269 e. The third-order valence-electron chi connectivity index (χ3n) is 1.74. The van der Waals surface area contributed by atoms with Crippen LogP contribution in [0.3, 0.4) is 0 Å². The van der Waals surface area contributed by atoms with Gasteiger partial charge in [0.1, 0.15) is 0 Å². The van der Waals surface area contributed by atoms with Crippen molar-refractivity contribution in [3.05, 3.63) is 35.9 Å². The topological polar surface area (TPSA) is 41.9 Å². The molecule has 1 aromatic rings. The molecule has 13 heavy (non-hydrogen) atoms. The molecule has 0 bridgehead atoms. The van der Waals surface area contributed by atoms with Gasteiger partial charge in [-0.2, -0.15) is 4.21 Å². The summed E-state index contributed by atoms with van der Waals surface area (Å²) in [5, 5.41) is 3.71. The van der Waals surface area contributed by atoms with E-state index >= 15 is 0 Å². The molecule has 4 nitrogen and oxygen atoms in total. The van der Waals surface area contributed by atoms with Gasteiger partial charge in [0.15, 0.2) is 5.84 Å². The van der Waals surface area contributed by atoms with E-state index in [4.69, 9.17) is 0 Å². The lowest BCUT2D eigenvalue weighted by Crippen LogP contribution is -2.23. The standard InChI is InChI=1S/C8H8N2O2S/c1-10-8(9-12-13(10)11)7-5-3-2-4-6-7/h2-6H,1H3. The third kappa shape index (κ3) is 1.42. The SMILES string of the molecule is CN1C(c2ccccc2)=NOS1=O. The molecule has 1 unspecified atom stereocenters. The fourth-order valence-electron chi connectivity index (χ4n) is 1.07. The molecule has 0 amide bonds. The summed E-state index contributed by atoms with van der Waals surface area (Å²) in [6.07, 6.45) is 0. The second kappa shape index (κ2) is 3.18. The van der Waals surface area contributed by atoms with Crippen molar-refractivity contribution in [2.75, 3.05) is 7.05 Å². The average molecular weight is 196 g/mol. The summed E-state index contributed by atoms with van der Waals surface area (Å²) >= 11 is -1.47. The number of amidine groups is 1. The maximum Gasteiger partial charge on any atom is 0.341 e. The van der Waals surface area contributed by atoms with Crippen molar-refractivity contribution in [1.82, 2.24) is 4.31 Å². The molecule has 0 fully saturated rings. The Bertz CT molecular complexity index is 364. The van der Waals surface area contributed by atoms with E-state index in [1.54, 1.807) is 7.05 Å². The minimum atomic E-state index is -1.47. The quantitative estimate of drug-likeness (QED) is 0.669. The number of benzene rings is 1. The van der Waals surface area contributed by atoms with Crippen molar-refractivity contribution >= 4 is 17.1 Å². The Kier molecular flexibility index (Phi) is 2.02. The highest BCUT2D eigenvalue weighted by atomic mass is 32.2. The summed E-state index contributed by atoms with van der Waals surface area (Å²) in [5.74, 6) is 0.596. The second-order valence-electron chi connectivity index (χ2n) is 2.57. The fourth-order valence-corrected chi connectivity index (χ4v) is 1.58. The van der Waals surface area contributed by atoms with E-state index in [1.807, 2.05) is 30.3 Å². The Morgan fingerprint density at radius 1 is 1.38 bits per heavy atom. The van der Waals surface area contributed by atoms with Gasteiger partial charge in [0.25, 0.3) is 0 Å². The van der Waals surface area contributed by atoms with Gasteiger partial charge in [-0.3, -0.25) is 4.28 Å². The van der Waals surface area contributed by atoms with Gasteiger partial charge in [0, 0.05) is 12.6 Å². The Hall–Kier alpha value is -1.36. The minimum Gasteiger partial charge on any atom is -0.269 e. The zero-order valence-corrected chi connectivity index (χ0v) is 7.82. The van der Waals surface area contributed by atoms with Crippen LogP contribution >= 0.6 is 0 Å². The first-order valence-electron chi connectivity index (χ1n) is 3.75. The van der Waals surface area contributed by atoms with Crippen LogP contribution in [0.1, 0.15) is 5.56 Å². The van der Waals surface area contributed by atoms with Crippen LogP contribution < -0.4 is 0 Å². The first-order valence-corrected chi connectivity index (χ1v) is 4.79. The Morgan fingerprint density at radius 2 is 2.08 bits per heavy atom. The van der Waals surface area contributed by atoms with E-state index in [2.05, 4.69) is 9.44 Å². The molecule has 0 saturated heterocycles. The van der Waals surface area contributed by atoms with Gasteiger partial charge >= 0.3 is 11.3 Å². The van der Waals surface area contributed by atoms with E-state index in [1.165, 1.54) is 4.31 Å². The fraction of sp³-hybridized carbons (Fsp3) is 0.125. The number of hydrogen-bond donors (Lipinski definition) is 0. The molecule has 0 aliphatic carbocycles. The number of nitrogens with zero attached hydrogens (tertiary/aromatic N) is 2. The molecule has 0 spiro atoms. The van der Waals surface area contributed by atoms with Crippen LogP contribution in [0.5, 0.6) is 0 Å². The molecule has 68 valence electrons. The monoisotopic (exact) mass is 196 g/mol. The van der Waals surface area contributed by atoms with E-state index in [0.717, 1.165) is 5.56 Å². The number of oxime groups is 1. The van der Waals surface area contributed by atoms with Crippen molar-refractivity contribution in [1.29, 1.82) is 0 Å². The normalized spacial score (nSPS) is 21.2. The summed E-state index contributed by atoms with van der Waals surface area (Å²) in [7, 11) is 1.68. The lowest BCUT2D eigenvalue weighted by Gasteiger charge is -2.07. The van der Waals surface area contributed by atoms with E-state index in [9.17, 15) is 4.21 Å². The molecule has 1 heterocycles. The molecule has 0 radical (unpaired) electrons. The van der Waals surface area contributed by atoms with E-state index < -0.39 is 11.3 Å². The second-order valence-corrected chi connectivity index (χ2v) is 3.70. The molecule has 1 aliphatic heterocycles. The number of rotatable bonds is 1. The summed E-state index contributed by atoms with van der Waals surface area (Å²) < 4.78 is 17.2. The molecular formula is C8H8N2O2S. The zero-order valence-electron chi connectivity index (χ0n) is 7.01. The van der Waals surface area contributed by atoms with Crippen molar-refractivity contribution in [3.8, 4) is 0 Å². The molecule has 0 N–H and O–H groups in total. The summed E-state index contributed by atoms with van der Waals surface area (Å²) in [4.78, 5) is 0. The zero-order chi connectivity index (χ0) is 9.26. The summed E-state index contributed by atoms with van der Waals surface area (Å²) in [6, 6.07) is 9.49. The van der Waals surface area contributed by atoms with Crippen molar-refractivity contribution in [2.45, 2.75) is 0 Å². The molecule has 0 saturated carbocycles. The molecule has 0 aromatic heterocycles. The molecule has 2 rings (SSSR count). The molecule has 5 heteroatoms. The van der Waals surface area contributed by atoms with E-state index in [0.29, 0.717) is 5.84 Å².